The molecule has 0 saturated carbocycles. The molecule has 2 aromatic rings. The molecular formula is C14H12Cl2O2. The standard InChI is InChI=1S/C14H12Cl2O2/c1-17-12-3-2-4-13(8-12)18-9-10-5-6-11(15)7-14(10)16/h2-8H,9H2,1H3. The van der Waals surface area contributed by atoms with E-state index in [1.807, 2.05) is 30.3 Å². The summed E-state index contributed by atoms with van der Waals surface area (Å²) >= 11 is 11.9. The van der Waals surface area contributed by atoms with Gasteiger partial charge in [-0.25, -0.2) is 0 Å². The zero-order valence-corrected chi connectivity index (χ0v) is 11.3. The quantitative estimate of drug-likeness (QED) is 0.817. The van der Waals surface area contributed by atoms with Crippen LogP contribution >= 0.6 is 23.2 Å². The molecule has 0 spiro atoms. The summed E-state index contributed by atoms with van der Waals surface area (Å²) in [6.45, 7) is 0.392. The summed E-state index contributed by atoms with van der Waals surface area (Å²) in [5, 5.41) is 1.22. The fraction of sp³-hybridized carbons (Fsp3) is 0.143. The van der Waals surface area contributed by atoms with Crippen LogP contribution < -0.4 is 9.47 Å². The third-order valence-electron chi connectivity index (χ3n) is 2.45. The van der Waals surface area contributed by atoms with Gasteiger partial charge in [-0.2, -0.15) is 0 Å². The van der Waals surface area contributed by atoms with Crippen molar-refractivity contribution in [2.75, 3.05) is 7.11 Å². The molecule has 0 aliphatic rings. The van der Waals surface area contributed by atoms with Gasteiger partial charge in [-0.15, -0.1) is 0 Å². The monoisotopic (exact) mass is 282 g/mol. The molecule has 0 amide bonds. The van der Waals surface area contributed by atoms with Gasteiger partial charge in [0.25, 0.3) is 0 Å². The molecule has 94 valence electrons. The summed E-state index contributed by atoms with van der Waals surface area (Å²) in [7, 11) is 1.62. The predicted octanol–water partition coefficient (Wildman–Crippen LogP) is 4.58. The molecule has 0 radical (unpaired) electrons. The van der Waals surface area contributed by atoms with Gasteiger partial charge in [0.2, 0.25) is 0 Å². The molecule has 2 aromatic carbocycles. The second kappa shape index (κ2) is 5.98. The van der Waals surface area contributed by atoms with Crippen molar-refractivity contribution in [3.8, 4) is 11.5 Å². The lowest BCUT2D eigenvalue weighted by Crippen LogP contribution is -1.96. The Morgan fingerprint density at radius 3 is 2.50 bits per heavy atom. The lowest BCUT2D eigenvalue weighted by atomic mass is 10.2. The Hall–Kier alpha value is -1.38. The Morgan fingerprint density at radius 1 is 1.00 bits per heavy atom. The summed E-state index contributed by atoms with van der Waals surface area (Å²) in [6.07, 6.45) is 0. The summed E-state index contributed by atoms with van der Waals surface area (Å²) in [5.41, 5.74) is 0.892. The van der Waals surface area contributed by atoms with Crippen molar-refractivity contribution < 1.29 is 9.47 Å². The van der Waals surface area contributed by atoms with E-state index in [1.165, 1.54) is 0 Å². The van der Waals surface area contributed by atoms with Gasteiger partial charge in [0, 0.05) is 21.7 Å². The van der Waals surface area contributed by atoms with Crippen molar-refractivity contribution in [1.29, 1.82) is 0 Å². The van der Waals surface area contributed by atoms with Crippen LogP contribution in [-0.4, -0.2) is 7.11 Å². The van der Waals surface area contributed by atoms with Crippen molar-refractivity contribution >= 4 is 23.2 Å². The van der Waals surface area contributed by atoms with Crippen molar-refractivity contribution in [2.24, 2.45) is 0 Å². The van der Waals surface area contributed by atoms with Crippen LogP contribution in [0.2, 0.25) is 10.0 Å². The molecule has 0 aromatic heterocycles. The van der Waals surface area contributed by atoms with Gasteiger partial charge in [0.15, 0.2) is 0 Å². The van der Waals surface area contributed by atoms with Gasteiger partial charge in [-0.1, -0.05) is 35.3 Å². The Balaban J connectivity index is 2.06. The van der Waals surface area contributed by atoms with E-state index < -0.39 is 0 Å². The van der Waals surface area contributed by atoms with Crippen LogP contribution in [0.25, 0.3) is 0 Å². The largest absolute Gasteiger partial charge is 0.497 e. The van der Waals surface area contributed by atoms with Gasteiger partial charge < -0.3 is 9.47 Å². The second-order valence-corrected chi connectivity index (χ2v) is 4.55. The fourth-order valence-electron chi connectivity index (χ4n) is 1.49. The molecule has 0 saturated heterocycles. The lowest BCUT2D eigenvalue weighted by Gasteiger charge is -2.09. The van der Waals surface area contributed by atoms with E-state index >= 15 is 0 Å². The van der Waals surface area contributed by atoms with Gasteiger partial charge in [-0.05, 0) is 24.3 Å². The molecule has 2 nitrogen and oxygen atoms in total. The molecular weight excluding hydrogens is 271 g/mol. The van der Waals surface area contributed by atoms with Gasteiger partial charge in [-0.3, -0.25) is 0 Å². The highest BCUT2D eigenvalue weighted by Gasteiger charge is 2.03. The third kappa shape index (κ3) is 3.31. The van der Waals surface area contributed by atoms with Gasteiger partial charge in [0.05, 0.1) is 7.11 Å². The van der Waals surface area contributed by atoms with Crippen molar-refractivity contribution in [3.05, 3.63) is 58.1 Å². The van der Waals surface area contributed by atoms with E-state index in [9.17, 15) is 0 Å². The zero-order chi connectivity index (χ0) is 13.0. The van der Waals surface area contributed by atoms with Crippen LogP contribution in [0.4, 0.5) is 0 Å². The minimum Gasteiger partial charge on any atom is -0.497 e. The average molecular weight is 283 g/mol. The molecule has 4 heteroatoms. The summed E-state index contributed by atoms with van der Waals surface area (Å²) in [6, 6.07) is 12.8. The summed E-state index contributed by atoms with van der Waals surface area (Å²) < 4.78 is 10.8. The number of halogens is 2. The Bertz CT molecular complexity index is 541. The lowest BCUT2D eigenvalue weighted by molar-refractivity contribution is 0.304. The fourth-order valence-corrected chi connectivity index (χ4v) is 1.95. The molecule has 0 aliphatic heterocycles. The van der Waals surface area contributed by atoms with E-state index in [0.717, 1.165) is 17.1 Å². The minimum atomic E-state index is 0.392. The van der Waals surface area contributed by atoms with E-state index in [4.69, 9.17) is 32.7 Å². The first-order chi connectivity index (χ1) is 8.69. The van der Waals surface area contributed by atoms with E-state index in [1.54, 1.807) is 19.2 Å². The van der Waals surface area contributed by atoms with Crippen LogP contribution in [0.1, 0.15) is 5.56 Å². The highest BCUT2D eigenvalue weighted by atomic mass is 35.5. The SMILES string of the molecule is COc1cccc(OCc2ccc(Cl)cc2Cl)c1. The third-order valence-corrected chi connectivity index (χ3v) is 3.04. The molecule has 0 fully saturated rings. The van der Waals surface area contributed by atoms with E-state index in [2.05, 4.69) is 0 Å². The highest BCUT2D eigenvalue weighted by molar-refractivity contribution is 6.35. The minimum absolute atomic E-state index is 0.392. The molecule has 0 bridgehead atoms. The van der Waals surface area contributed by atoms with E-state index in [0.29, 0.717) is 16.7 Å². The number of hydrogen-bond acceptors (Lipinski definition) is 2. The average Bonchev–Trinajstić information content (AvgIpc) is 2.38. The first-order valence-electron chi connectivity index (χ1n) is 5.40. The van der Waals surface area contributed by atoms with Gasteiger partial charge >= 0.3 is 0 Å². The van der Waals surface area contributed by atoms with Crippen LogP contribution in [0.5, 0.6) is 11.5 Å². The van der Waals surface area contributed by atoms with Gasteiger partial charge in [0.1, 0.15) is 18.1 Å². The first-order valence-corrected chi connectivity index (χ1v) is 6.15. The topological polar surface area (TPSA) is 18.5 Å². The number of methoxy groups -OCH3 is 1. The summed E-state index contributed by atoms with van der Waals surface area (Å²) in [5.74, 6) is 1.50. The number of benzene rings is 2. The Kier molecular flexibility index (Phi) is 4.34. The van der Waals surface area contributed by atoms with Crippen LogP contribution in [0.15, 0.2) is 42.5 Å². The van der Waals surface area contributed by atoms with Crippen molar-refractivity contribution in [3.63, 3.8) is 0 Å². The number of hydrogen-bond donors (Lipinski definition) is 0. The van der Waals surface area contributed by atoms with E-state index in [-0.39, 0.29) is 0 Å². The molecule has 0 N–H and O–H groups in total. The second-order valence-electron chi connectivity index (χ2n) is 3.70. The maximum Gasteiger partial charge on any atom is 0.123 e. The molecule has 0 aliphatic carbocycles. The molecule has 2 rings (SSSR count). The first kappa shape index (κ1) is 13.1. The highest BCUT2D eigenvalue weighted by Crippen LogP contribution is 2.24. The normalized spacial score (nSPS) is 10.2. The molecule has 18 heavy (non-hydrogen) atoms. The summed E-state index contributed by atoms with van der Waals surface area (Å²) in [4.78, 5) is 0. The Labute approximate surface area is 116 Å². The van der Waals surface area contributed by atoms with Crippen LogP contribution in [0.3, 0.4) is 0 Å². The number of ether oxygens (including phenoxy) is 2. The maximum absolute atomic E-state index is 6.07. The molecule has 0 atom stereocenters. The van der Waals surface area contributed by atoms with Crippen LogP contribution in [0, 0.1) is 0 Å². The van der Waals surface area contributed by atoms with Crippen molar-refractivity contribution in [1.82, 2.24) is 0 Å². The van der Waals surface area contributed by atoms with Crippen LogP contribution in [-0.2, 0) is 6.61 Å². The molecule has 0 heterocycles. The molecule has 0 unspecified atom stereocenters. The smallest absolute Gasteiger partial charge is 0.123 e. The zero-order valence-electron chi connectivity index (χ0n) is 9.82. The Morgan fingerprint density at radius 2 is 1.78 bits per heavy atom. The predicted molar refractivity (Wildman–Crippen MR) is 73.8 cm³/mol. The number of rotatable bonds is 4. The van der Waals surface area contributed by atoms with Crippen molar-refractivity contribution in [2.45, 2.75) is 6.61 Å². The maximum atomic E-state index is 6.07.